The third-order valence-corrected chi connectivity index (χ3v) is 4.04. The van der Waals surface area contributed by atoms with Gasteiger partial charge in [0.2, 0.25) is 0 Å². The fourth-order valence-electron chi connectivity index (χ4n) is 2.84. The summed E-state index contributed by atoms with van der Waals surface area (Å²) in [6.07, 6.45) is 3.55. The highest BCUT2D eigenvalue weighted by molar-refractivity contribution is 5.75. The molecule has 1 fully saturated rings. The van der Waals surface area contributed by atoms with E-state index in [2.05, 4.69) is 15.5 Å². The van der Waals surface area contributed by atoms with Crippen LogP contribution in [0.4, 0.5) is 4.79 Å². The van der Waals surface area contributed by atoms with Gasteiger partial charge in [0.1, 0.15) is 6.33 Å². The summed E-state index contributed by atoms with van der Waals surface area (Å²) in [5.74, 6) is -0.321. The van der Waals surface area contributed by atoms with E-state index in [1.54, 1.807) is 11.2 Å². The fraction of sp³-hybridized carbons (Fsp3) is 0.667. The van der Waals surface area contributed by atoms with E-state index in [4.69, 9.17) is 5.11 Å². The molecule has 2 N–H and O–H groups in total. The van der Waals surface area contributed by atoms with Crippen molar-refractivity contribution in [2.24, 2.45) is 5.92 Å². The summed E-state index contributed by atoms with van der Waals surface area (Å²) >= 11 is 0. The maximum absolute atomic E-state index is 12.2. The van der Waals surface area contributed by atoms with Gasteiger partial charge in [-0.1, -0.05) is 0 Å². The highest BCUT2D eigenvalue weighted by atomic mass is 16.4. The van der Waals surface area contributed by atoms with Gasteiger partial charge in [-0.15, -0.1) is 10.2 Å². The van der Waals surface area contributed by atoms with E-state index < -0.39 is 5.97 Å². The molecule has 0 bridgehead atoms. The monoisotopic (exact) mass is 279 g/mol. The van der Waals surface area contributed by atoms with Gasteiger partial charge in [0.05, 0.1) is 12.5 Å². The Balaban J connectivity index is 1.55. The van der Waals surface area contributed by atoms with E-state index in [0.717, 1.165) is 12.2 Å². The lowest BCUT2D eigenvalue weighted by Crippen LogP contribution is -2.47. The molecule has 20 heavy (non-hydrogen) atoms. The van der Waals surface area contributed by atoms with Crippen LogP contribution in [0.25, 0.3) is 0 Å². The van der Waals surface area contributed by atoms with Gasteiger partial charge in [-0.2, -0.15) is 0 Å². The molecule has 2 aliphatic rings. The lowest BCUT2D eigenvalue weighted by molar-refractivity contribution is -0.141. The van der Waals surface area contributed by atoms with E-state index in [1.165, 1.54) is 0 Å². The molecule has 0 radical (unpaired) electrons. The largest absolute Gasteiger partial charge is 0.481 e. The van der Waals surface area contributed by atoms with Crippen molar-refractivity contribution in [2.75, 3.05) is 6.54 Å². The molecule has 1 aromatic rings. The number of nitrogens with one attached hydrogen (secondary N) is 1. The van der Waals surface area contributed by atoms with Gasteiger partial charge >= 0.3 is 12.0 Å². The Labute approximate surface area is 115 Å². The quantitative estimate of drug-likeness (QED) is 0.797. The molecule has 2 heterocycles. The molecule has 108 valence electrons. The molecule has 8 nitrogen and oxygen atoms in total. The van der Waals surface area contributed by atoms with E-state index in [1.807, 2.05) is 4.57 Å². The van der Waals surface area contributed by atoms with Crippen LogP contribution in [0.1, 0.15) is 25.1 Å². The highest BCUT2D eigenvalue weighted by Gasteiger charge is 2.32. The van der Waals surface area contributed by atoms with Crippen LogP contribution in [-0.4, -0.2) is 49.4 Å². The van der Waals surface area contributed by atoms with E-state index in [-0.39, 0.29) is 18.0 Å². The second-order valence-electron chi connectivity index (χ2n) is 5.36. The van der Waals surface area contributed by atoms with Crippen molar-refractivity contribution >= 4 is 12.0 Å². The predicted molar refractivity (Wildman–Crippen MR) is 67.7 cm³/mol. The van der Waals surface area contributed by atoms with Crippen molar-refractivity contribution in [3.8, 4) is 0 Å². The highest BCUT2D eigenvalue weighted by Crippen LogP contribution is 2.25. The number of rotatable bonds is 2. The molecule has 2 atom stereocenters. The Morgan fingerprint density at radius 2 is 2.20 bits per heavy atom. The van der Waals surface area contributed by atoms with Crippen LogP contribution in [0.5, 0.6) is 0 Å². The molecule has 1 saturated carbocycles. The van der Waals surface area contributed by atoms with Gasteiger partial charge in [0, 0.05) is 19.1 Å². The Morgan fingerprint density at radius 1 is 1.35 bits per heavy atom. The average molecular weight is 279 g/mol. The molecule has 1 aliphatic carbocycles. The summed E-state index contributed by atoms with van der Waals surface area (Å²) in [5, 5.41) is 19.7. The number of carboxylic acids is 1. The van der Waals surface area contributed by atoms with Crippen LogP contribution in [0.2, 0.25) is 0 Å². The molecular formula is C12H17N5O3. The number of aliphatic carboxylic acids is 1. The van der Waals surface area contributed by atoms with Gasteiger partial charge in [-0.25, -0.2) is 4.79 Å². The second-order valence-corrected chi connectivity index (χ2v) is 5.36. The van der Waals surface area contributed by atoms with E-state index in [9.17, 15) is 9.59 Å². The molecule has 1 aliphatic heterocycles. The third kappa shape index (κ3) is 2.45. The molecule has 8 heteroatoms. The first kappa shape index (κ1) is 12.9. The lowest BCUT2D eigenvalue weighted by Gasteiger charge is -2.28. The van der Waals surface area contributed by atoms with Gasteiger partial charge in [-0.05, 0) is 19.3 Å². The number of fused-ring (bicyclic) bond motifs is 1. The zero-order valence-corrected chi connectivity index (χ0v) is 11.0. The number of hydrogen-bond donors (Lipinski definition) is 2. The SMILES string of the molecule is O=C(O)C1CCC(NC(=O)N2CCn3cnnc3C2)C1. The zero-order chi connectivity index (χ0) is 14.1. The first-order chi connectivity index (χ1) is 9.63. The van der Waals surface area contributed by atoms with Gasteiger partial charge in [-0.3, -0.25) is 4.79 Å². The molecule has 0 aromatic carbocycles. The summed E-state index contributed by atoms with van der Waals surface area (Å²) < 4.78 is 1.93. The minimum absolute atomic E-state index is 0.0385. The standard InChI is InChI=1S/C12H17N5O3/c18-11(19)8-1-2-9(5-8)14-12(20)16-3-4-17-7-13-15-10(17)6-16/h7-9H,1-6H2,(H,14,20)(H,18,19). The number of nitrogens with zero attached hydrogens (tertiary/aromatic N) is 4. The fourth-order valence-corrected chi connectivity index (χ4v) is 2.84. The van der Waals surface area contributed by atoms with Crippen LogP contribution in [-0.2, 0) is 17.9 Å². The third-order valence-electron chi connectivity index (χ3n) is 4.04. The Kier molecular flexibility index (Phi) is 3.29. The summed E-state index contributed by atoms with van der Waals surface area (Å²) in [7, 11) is 0. The van der Waals surface area contributed by atoms with Crippen molar-refractivity contribution < 1.29 is 14.7 Å². The first-order valence-corrected chi connectivity index (χ1v) is 6.78. The van der Waals surface area contributed by atoms with Crippen molar-refractivity contribution in [1.29, 1.82) is 0 Å². The number of amides is 2. The van der Waals surface area contributed by atoms with Crippen molar-refractivity contribution in [1.82, 2.24) is 25.0 Å². The first-order valence-electron chi connectivity index (χ1n) is 6.78. The predicted octanol–water partition coefficient (Wildman–Crippen LogP) is 0.0566. The second kappa shape index (κ2) is 5.10. The van der Waals surface area contributed by atoms with E-state index >= 15 is 0 Å². The van der Waals surface area contributed by atoms with Gasteiger partial charge < -0.3 is 19.9 Å². The minimum atomic E-state index is -0.771. The normalized spacial score (nSPS) is 25.3. The summed E-state index contributed by atoms with van der Waals surface area (Å²) in [4.78, 5) is 24.8. The van der Waals surface area contributed by atoms with Crippen molar-refractivity contribution in [3.05, 3.63) is 12.2 Å². The molecule has 2 unspecified atom stereocenters. The number of aromatic nitrogens is 3. The summed E-state index contributed by atoms with van der Waals surface area (Å²) in [5.41, 5.74) is 0. The number of hydrogen-bond acceptors (Lipinski definition) is 4. The number of urea groups is 1. The van der Waals surface area contributed by atoms with Crippen LogP contribution in [0.15, 0.2) is 6.33 Å². The molecular weight excluding hydrogens is 262 g/mol. The zero-order valence-electron chi connectivity index (χ0n) is 11.0. The number of carbonyl (C=O) groups excluding carboxylic acids is 1. The molecule has 0 spiro atoms. The maximum Gasteiger partial charge on any atom is 0.318 e. The van der Waals surface area contributed by atoms with Crippen molar-refractivity contribution in [2.45, 2.75) is 38.4 Å². The molecule has 1 aromatic heterocycles. The Morgan fingerprint density at radius 3 is 2.95 bits per heavy atom. The Bertz CT molecular complexity index is 529. The van der Waals surface area contributed by atoms with E-state index in [0.29, 0.717) is 32.5 Å². The molecule has 3 rings (SSSR count). The molecule has 2 amide bonds. The molecule has 0 saturated heterocycles. The van der Waals surface area contributed by atoms with Crippen LogP contribution in [0, 0.1) is 5.92 Å². The van der Waals surface area contributed by atoms with Gasteiger partial charge in [0.25, 0.3) is 0 Å². The van der Waals surface area contributed by atoms with Gasteiger partial charge in [0.15, 0.2) is 5.82 Å². The van der Waals surface area contributed by atoms with Crippen LogP contribution >= 0.6 is 0 Å². The Hall–Kier alpha value is -2.12. The van der Waals surface area contributed by atoms with Crippen LogP contribution in [0.3, 0.4) is 0 Å². The number of carboxylic acid groups (broad SMARTS) is 1. The topological polar surface area (TPSA) is 100 Å². The smallest absolute Gasteiger partial charge is 0.318 e. The summed E-state index contributed by atoms with van der Waals surface area (Å²) in [6.45, 7) is 1.75. The minimum Gasteiger partial charge on any atom is -0.481 e. The van der Waals surface area contributed by atoms with Crippen LogP contribution < -0.4 is 5.32 Å². The summed E-state index contributed by atoms with van der Waals surface area (Å²) in [6, 6.07) is -0.182. The van der Waals surface area contributed by atoms with Crippen molar-refractivity contribution in [3.63, 3.8) is 0 Å². The number of carbonyl (C=O) groups is 2. The average Bonchev–Trinajstić information content (AvgIpc) is 3.05. The maximum atomic E-state index is 12.2. The lowest BCUT2D eigenvalue weighted by atomic mass is 10.1.